The van der Waals surface area contributed by atoms with Crippen molar-refractivity contribution in [3.63, 3.8) is 0 Å². The number of halogens is 1. The fourth-order valence-corrected chi connectivity index (χ4v) is 2.89. The molecule has 0 atom stereocenters. The topological polar surface area (TPSA) is 63.6 Å². The number of Topliss-reactive ketones (excluding diaryl/α,β-unsaturated/α-hetero) is 1. The van der Waals surface area contributed by atoms with E-state index in [1.807, 2.05) is 0 Å². The third-order valence-corrected chi connectivity index (χ3v) is 4.25. The predicted octanol–water partition coefficient (Wildman–Crippen LogP) is 4.02. The van der Waals surface area contributed by atoms with Gasteiger partial charge in [0.2, 0.25) is 0 Å². The molecule has 0 radical (unpaired) electrons. The van der Waals surface area contributed by atoms with Crippen LogP contribution >= 0.6 is 23.4 Å². The minimum Gasteiger partial charge on any atom is -0.497 e. The summed E-state index contributed by atoms with van der Waals surface area (Å²) in [6, 6.07) is 11.4. The van der Waals surface area contributed by atoms with Crippen LogP contribution in [-0.2, 0) is 0 Å². The largest absolute Gasteiger partial charge is 0.497 e. The zero-order chi connectivity index (χ0) is 16.1. The number of methoxy groups -OCH3 is 1. The van der Waals surface area contributed by atoms with Crippen LogP contribution in [0.4, 0.5) is 0 Å². The minimum atomic E-state index is -1.07. The molecule has 0 aliphatic heterocycles. The van der Waals surface area contributed by atoms with Gasteiger partial charge in [0.05, 0.1) is 18.4 Å². The first-order valence-corrected chi connectivity index (χ1v) is 7.70. The number of carboxylic acid groups (broad SMARTS) is 1. The number of hydrogen-bond acceptors (Lipinski definition) is 4. The summed E-state index contributed by atoms with van der Waals surface area (Å²) >= 11 is 6.97. The number of rotatable bonds is 6. The summed E-state index contributed by atoms with van der Waals surface area (Å²) in [4.78, 5) is 23.8. The molecule has 4 nitrogen and oxygen atoms in total. The van der Waals surface area contributed by atoms with Crippen LogP contribution in [0.15, 0.2) is 47.4 Å². The van der Waals surface area contributed by atoms with Gasteiger partial charge in [-0.15, -0.1) is 11.8 Å². The predicted molar refractivity (Wildman–Crippen MR) is 86.5 cm³/mol. The van der Waals surface area contributed by atoms with Crippen molar-refractivity contribution in [3.8, 4) is 5.75 Å². The van der Waals surface area contributed by atoms with Gasteiger partial charge in [-0.05, 0) is 42.5 Å². The molecular weight excluding hydrogens is 324 g/mol. The van der Waals surface area contributed by atoms with E-state index in [2.05, 4.69) is 0 Å². The molecule has 2 aromatic carbocycles. The van der Waals surface area contributed by atoms with E-state index in [-0.39, 0.29) is 17.1 Å². The van der Waals surface area contributed by atoms with Crippen LogP contribution in [-0.4, -0.2) is 29.7 Å². The first-order chi connectivity index (χ1) is 10.5. The lowest BCUT2D eigenvalue weighted by atomic mass is 10.1. The summed E-state index contributed by atoms with van der Waals surface area (Å²) in [6.45, 7) is 0. The molecule has 0 saturated carbocycles. The minimum absolute atomic E-state index is 0.0843. The number of ketones is 1. The molecule has 114 valence electrons. The zero-order valence-electron chi connectivity index (χ0n) is 11.7. The maximum atomic E-state index is 12.1. The van der Waals surface area contributed by atoms with Crippen LogP contribution in [0.5, 0.6) is 5.75 Å². The van der Waals surface area contributed by atoms with E-state index >= 15 is 0 Å². The van der Waals surface area contributed by atoms with Crippen molar-refractivity contribution in [2.45, 2.75) is 4.90 Å². The maximum absolute atomic E-state index is 12.1. The molecule has 0 aliphatic rings. The van der Waals surface area contributed by atoms with Gasteiger partial charge in [0.15, 0.2) is 5.78 Å². The van der Waals surface area contributed by atoms with E-state index < -0.39 is 5.97 Å². The number of hydrogen-bond donors (Lipinski definition) is 1. The molecule has 6 heteroatoms. The normalized spacial score (nSPS) is 10.3. The van der Waals surface area contributed by atoms with Crippen LogP contribution in [0.25, 0.3) is 0 Å². The number of carboxylic acids is 1. The second-order valence-electron chi connectivity index (χ2n) is 4.39. The Morgan fingerprint density at radius 2 is 1.86 bits per heavy atom. The average Bonchev–Trinajstić information content (AvgIpc) is 2.53. The van der Waals surface area contributed by atoms with Crippen molar-refractivity contribution in [1.29, 1.82) is 0 Å². The SMILES string of the molecule is COc1ccc(C(=O)CSc2ccc(Cl)cc2C(=O)O)cc1. The monoisotopic (exact) mass is 336 g/mol. The molecule has 1 N–H and O–H groups in total. The highest BCUT2D eigenvalue weighted by molar-refractivity contribution is 8.00. The van der Waals surface area contributed by atoms with Gasteiger partial charge in [-0.2, -0.15) is 0 Å². The van der Waals surface area contributed by atoms with Crippen molar-refractivity contribution in [1.82, 2.24) is 0 Å². The summed E-state index contributed by atoms with van der Waals surface area (Å²) in [5.74, 6) is -0.329. The number of aromatic carboxylic acids is 1. The number of ether oxygens (including phenoxy) is 1. The van der Waals surface area contributed by atoms with Crippen molar-refractivity contribution in [2.24, 2.45) is 0 Å². The van der Waals surface area contributed by atoms with Crippen molar-refractivity contribution < 1.29 is 19.4 Å². The Hall–Kier alpha value is -1.98. The quantitative estimate of drug-likeness (QED) is 0.637. The van der Waals surface area contributed by atoms with Gasteiger partial charge in [0, 0.05) is 15.5 Å². The Bertz CT molecular complexity index is 698. The highest BCUT2D eigenvalue weighted by atomic mass is 35.5. The molecule has 0 aromatic heterocycles. The second kappa shape index (κ2) is 7.33. The fraction of sp³-hybridized carbons (Fsp3) is 0.125. The smallest absolute Gasteiger partial charge is 0.336 e. The summed E-state index contributed by atoms with van der Waals surface area (Å²) in [6.07, 6.45) is 0. The van der Waals surface area contributed by atoms with E-state index in [0.717, 1.165) is 0 Å². The van der Waals surface area contributed by atoms with E-state index in [4.69, 9.17) is 21.4 Å². The van der Waals surface area contributed by atoms with Crippen molar-refractivity contribution >= 4 is 35.1 Å². The Balaban J connectivity index is 2.09. The van der Waals surface area contributed by atoms with Gasteiger partial charge in [0.1, 0.15) is 5.75 Å². The Kier molecular flexibility index (Phi) is 5.46. The zero-order valence-corrected chi connectivity index (χ0v) is 13.3. The molecule has 0 saturated heterocycles. The Morgan fingerprint density at radius 1 is 1.18 bits per heavy atom. The lowest BCUT2D eigenvalue weighted by Crippen LogP contribution is -2.04. The third-order valence-electron chi connectivity index (χ3n) is 2.94. The highest BCUT2D eigenvalue weighted by Gasteiger charge is 2.13. The number of carbonyl (C=O) groups excluding carboxylic acids is 1. The number of thioether (sulfide) groups is 1. The molecule has 2 rings (SSSR count). The second-order valence-corrected chi connectivity index (χ2v) is 5.84. The van der Waals surface area contributed by atoms with Crippen LogP contribution in [0.3, 0.4) is 0 Å². The summed E-state index contributed by atoms with van der Waals surface area (Å²) in [7, 11) is 1.56. The van der Waals surface area contributed by atoms with Crippen molar-refractivity contribution in [2.75, 3.05) is 12.9 Å². The molecule has 2 aromatic rings. The molecule has 0 aliphatic carbocycles. The lowest BCUT2D eigenvalue weighted by molar-refractivity contribution is 0.0692. The van der Waals surface area contributed by atoms with E-state index in [9.17, 15) is 9.59 Å². The van der Waals surface area contributed by atoms with Crippen LogP contribution in [0.1, 0.15) is 20.7 Å². The van der Waals surface area contributed by atoms with Gasteiger partial charge < -0.3 is 9.84 Å². The van der Waals surface area contributed by atoms with Gasteiger partial charge in [-0.1, -0.05) is 11.6 Å². The standard InChI is InChI=1S/C16H13ClO4S/c1-21-12-5-2-10(3-6-12)14(18)9-22-15-7-4-11(17)8-13(15)16(19)20/h2-8H,9H2,1H3,(H,19,20). The molecule has 0 heterocycles. The molecular formula is C16H13ClO4S. The van der Waals surface area contributed by atoms with E-state index in [1.165, 1.54) is 17.8 Å². The molecule has 0 unspecified atom stereocenters. The van der Waals surface area contributed by atoms with Gasteiger partial charge in [0.25, 0.3) is 0 Å². The summed E-state index contributed by atoms with van der Waals surface area (Å²) in [5.41, 5.74) is 0.652. The van der Waals surface area contributed by atoms with Crippen LogP contribution in [0, 0.1) is 0 Å². The molecule has 0 spiro atoms. The van der Waals surface area contributed by atoms with Crippen LogP contribution < -0.4 is 4.74 Å². The highest BCUT2D eigenvalue weighted by Crippen LogP contribution is 2.26. The first-order valence-electron chi connectivity index (χ1n) is 6.34. The van der Waals surface area contributed by atoms with E-state index in [1.54, 1.807) is 43.5 Å². The molecule has 22 heavy (non-hydrogen) atoms. The fourth-order valence-electron chi connectivity index (χ4n) is 1.80. The molecule has 0 amide bonds. The van der Waals surface area contributed by atoms with E-state index in [0.29, 0.717) is 21.2 Å². The van der Waals surface area contributed by atoms with Gasteiger partial charge >= 0.3 is 5.97 Å². The average molecular weight is 337 g/mol. The van der Waals surface area contributed by atoms with Gasteiger partial charge in [-0.25, -0.2) is 4.79 Å². The number of carbonyl (C=O) groups is 2. The summed E-state index contributed by atoms with van der Waals surface area (Å²) in [5, 5.41) is 9.51. The Labute approximate surface area is 137 Å². The van der Waals surface area contributed by atoms with Crippen molar-refractivity contribution in [3.05, 3.63) is 58.6 Å². The van der Waals surface area contributed by atoms with Gasteiger partial charge in [-0.3, -0.25) is 4.79 Å². The third kappa shape index (κ3) is 4.02. The molecule has 0 bridgehead atoms. The maximum Gasteiger partial charge on any atom is 0.336 e. The summed E-state index contributed by atoms with van der Waals surface area (Å²) < 4.78 is 5.04. The van der Waals surface area contributed by atoms with Crippen LogP contribution in [0.2, 0.25) is 5.02 Å². The lowest BCUT2D eigenvalue weighted by Gasteiger charge is -2.06. The number of benzene rings is 2. The first kappa shape index (κ1) is 16.4. The molecule has 0 fully saturated rings. The Morgan fingerprint density at radius 3 is 2.45 bits per heavy atom.